The van der Waals surface area contributed by atoms with Gasteiger partial charge in [0, 0.05) is 11.9 Å². The van der Waals surface area contributed by atoms with Gasteiger partial charge in [-0.1, -0.05) is 25.8 Å². The van der Waals surface area contributed by atoms with Crippen LogP contribution in [0.15, 0.2) is 18.3 Å². The fourth-order valence-electron chi connectivity index (χ4n) is 2.92. The van der Waals surface area contributed by atoms with Crippen molar-refractivity contribution in [1.29, 1.82) is 0 Å². The van der Waals surface area contributed by atoms with Crippen LogP contribution in [0.25, 0.3) is 0 Å². The number of aryl methyl sites for hydroxylation is 1. The van der Waals surface area contributed by atoms with E-state index in [0.717, 1.165) is 11.6 Å². The molecule has 1 aromatic rings. The third kappa shape index (κ3) is 2.85. The minimum atomic E-state index is 0.260. The molecule has 0 radical (unpaired) electrons. The molecular weight excluding hydrogens is 210 g/mol. The molecule has 3 nitrogen and oxygen atoms in total. The smallest absolute Gasteiger partial charge is 0.0506 e. The number of nitrogens with one attached hydrogen (secondary N) is 1. The summed E-state index contributed by atoms with van der Waals surface area (Å²) in [5.74, 6) is 7.29. The molecule has 0 aliphatic heterocycles. The van der Waals surface area contributed by atoms with Crippen LogP contribution < -0.4 is 11.3 Å². The summed E-state index contributed by atoms with van der Waals surface area (Å²) in [6.07, 6.45) is 7.02. The summed E-state index contributed by atoms with van der Waals surface area (Å²) >= 11 is 0. The third-order valence-electron chi connectivity index (χ3n) is 4.09. The molecule has 0 saturated heterocycles. The van der Waals surface area contributed by atoms with Crippen molar-refractivity contribution in [3.8, 4) is 0 Å². The Balaban J connectivity index is 2.14. The molecule has 1 atom stereocenters. The molecule has 1 aromatic heterocycles. The standard InChI is InChI=1S/C14H23N3/c1-10-5-7-12(8-6-10)14(17-15)13-4-3-9-16-11(13)2/h3-4,9-10,12,14,17H,5-8,15H2,1-2H3. The number of pyridine rings is 1. The highest BCUT2D eigenvalue weighted by molar-refractivity contribution is 5.23. The molecule has 1 heterocycles. The van der Waals surface area contributed by atoms with Crippen molar-refractivity contribution in [3.05, 3.63) is 29.6 Å². The van der Waals surface area contributed by atoms with Gasteiger partial charge in [-0.2, -0.15) is 0 Å². The van der Waals surface area contributed by atoms with Gasteiger partial charge in [0.2, 0.25) is 0 Å². The third-order valence-corrected chi connectivity index (χ3v) is 4.09. The molecule has 94 valence electrons. The molecule has 0 aromatic carbocycles. The topological polar surface area (TPSA) is 50.9 Å². The second kappa shape index (κ2) is 5.61. The monoisotopic (exact) mass is 233 g/mol. The van der Waals surface area contributed by atoms with E-state index in [9.17, 15) is 0 Å². The highest BCUT2D eigenvalue weighted by atomic mass is 15.2. The predicted molar refractivity (Wildman–Crippen MR) is 70.2 cm³/mol. The molecule has 3 N–H and O–H groups in total. The zero-order valence-corrected chi connectivity index (χ0v) is 10.8. The lowest BCUT2D eigenvalue weighted by molar-refractivity contribution is 0.231. The number of rotatable bonds is 3. The van der Waals surface area contributed by atoms with Gasteiger partial charge in [0.15, 0.2) is 0 Å². The molecule has 3 heteroatoms. The Morgan fingerprint density at radius 3 is 2.65 bits per heavy atom. The van der Waals surface area contributed by atoms with E-state index in [-0.39, 0.29) is 6.04 Å². The SMILES string of the molecule is Cc1ncccc1C(NN)C1CCC(C)CC1. The van der Waals surface area contributed by atoms with Gasteiger partial charge in [-0.05, 0) is 43.2 Å². The molecule has 0 bridgehead atoms. The maximum atomic E-state index is 5.76. The second-order valence-corrected chi connectivity index (χ2v) is 5.34. The van der Waals surface area contributed by atoms with Crippen molar-refractivity contribution < 1.29 is 0 Å². The minimum Gasteiger partial charge on any atom is -0.271 e. The molecule has 0 spiro atoms. The van der Waals surface area contributed by atoms with E-state index in [1.54, 1.807) is 0 Å². The highest BCUT2D eigenvalue weighted by Gasteiger charge is 2.27. The highest BCUT2D eigenvalue weighted by Crippen LogP contribution is 2.36. The molecule has 17 heavy (non-hydrogen) atoms. The molecule has 1 saturated carbocycles. The lowest BCUT2D eigenvalue weighted by Gasteiger charge is -2.33. The Labute approximate surface area is 104 Å². The van der Waals surface area contributed by atoms with Gasteiger partial charge in [-0.3, -0.25) is 16.3 Å². The van der Waals surface area contributed by atoms with Gasteiger partial charge in [0.25, 0.3) is 0 Å². The van der Waals surface area contributed by atoms with Gasteiger partial charge in [0.1, 0.15) is 0 Å². The molecule has 1 aliphatic carbocycles. The lowest BCUT2D eigenvalue weighted by atomic mass is 9.77. The molecule has 1 unspecified atom stereocenters. The summed E-state index contributed by atoms with van der Waals surface area (Å²) in [5.41, 5.74) is 5.35. The van der Waals surface area contributed by atoms with Crippen LogP contribution in [0.2, 0.25) is 0 Å². The predicted octanol–water partition coefficient (Wildman–Crippen LogP) is 2.72. The first kappa shape index (κ1) is 12.5. The number of nitrogens with zero attached hydrogens (tertiary/aromatic N) is 1. The molecule has 1 aliphatic rings. The summed E-state index contributed by atoms with van der Waals surface area (Å²) in [4.78, 5) is 4.36. The van der Waals surface area contributed by atoms with Gasteiger partial charge in [-0.15, -0.1) is 0 Å². The van der Waals surface area contributed by atoms with Crippen molar-refractivity contribution >= 4 is 0 Å². The van der Waals surface area contributed by atoms with Gasteiger partial charge < -0.3 is 0 Å². The summed E-state index contributed by atoms with van der Waals surface area (Å²) < 4.78 is 0. The van der Waals surface area contributed by atoms with Crippen LogP contribution in [0.4, 0.5) is 0 Å². The van der Waals surface area contributed by atoms with Crippen molar-refractivity contribution in [2.75, 3.05) is 0 Å². The Morgan fingerprint density at radius 2 is 2.06 bits per heavy atom. The summed E-state index contributed by atoms with van der Waals surface area (Å²) in [6, 6.07) is 4.40. The largest absolute Gasteiger partial charge is 0.271 e. The van der Waals surface area contributed by atoms with Crippen LogP contribution >= 0.6 is 0 Å². The maximum absolute atomic E-state index is 5.76. The fraction of sp³-hybridized carbons (Fsp3) is 0.643. The first-order valence-electron chi connectivity index (χ1n) is 6.60. The average molecular weight is 233 g/mol. The molecular formula is C14H23N3. The van der Waals surface area contributed by atoms with E-state index in [1.807, 2.05) is 12.3 Å². The van der Waals surface area contributed by atoms with E-state index in [4.69, 9.17) is 5.84 Å². The molecule has 0 amide bonds. The van der Waals surface area contributed by atoms with Crippen molar-refractivity contribution in [2.45, 2.75) is 45.6 Å². The van der Waals surface area contributed by atoms with Gasteiger partial charge in [-0.25, -0.2) is 0 Å². The van der Waals surface area contributed by atoms with Crippen LogP contribution in [0.5, 0.6) is 0 Å². The van der Waals surface area contributed by atoms with E-state index in [2.05, 4.69) is 30.3 Å². The first-order chi connectivity index (χ1) is 8.22. The van der Waals surface area contributed by atoms with Gasteiger partial charge >= 0.3 is 0 Å². The molecule has 2 rings (SSSR count). The Kier molecular flexibility index (Phi) is 4.13. The van der Waals surface area contributed by atoms with Crippen LogP contribution in [-0.2, 0) is 0 Å². The van der Waals surface area contributed by atoms with E-state index >= 15 is 0 Å². The van der Waals surface area contributed by atoms with E-state index in [0.29, 0.717) is 5.92 Å². The first-order valence-corrected chi connectivity index (χ1v) is 6.60. The zero-order valence-electron chi connectivity index (χ0n) is 10.8. The Bertz CT molecular complexity index is 356. The minimum absolute atomic E-state index is 0.260. The van der Waals surface area contributed by atoms with E-state index in [1.165, 1.54) is 31.2 Å². The van der Waals surface area contributed by atoms with Crippen LogP contribution in [0.3, 0.4) is 0 Å². The summed E-state index contributed by atoms with van der Waals surface area (Å²) in [6.45, 7) is 4.40. The van der Waals surface area contributed by atoms with Crippen molar-refractivity contribution in [3.63, 3.8) is 0 Å². The Morgan fingerprint density at radius 1 is 1.35 bits per heavy atom. The fourth-order valence-corrected chi connectivity index (χ4v) is 2.92. The lowest BCUT2D eigenvalue weighted by Crippen LogP contribution is -2.35. The normalized spacial score (nSPS) is 26.8. The summed E-state index contributed by atoms with van der Waals surface area (Å²) in [7, 11) is 0. The number of hydrogen-bond donors (Lipinski definition) is 2. The number of nitrogens with two attached hydrogens (primary N) is 1. The summed E-state index contributed by atoms with van der Waals surface area (Å²) in [5, 5.41) is 0. The van der Waals surface area contributed by atoms with Crippen molar-refractivity contribution in [2.24, 2.45) is 17.7 Å². The van der Waals surface area contributed by atoms with Crippen molar-refractivity contribution in [1.82, 2.24) is 10.4 Å². The number of aromatic nitrogens is 1. The number of hydrazine groups is 1. The number of hydrogen-bond acceptors (Lipinski definition) is 3. The Hall–Kier alpha value is -0.930. The van der Waals surface area contributed by atoms with Gasteiger partial charge in [0.05, 0.1) is 6.04 Å². The molecule has 1 fully saturated rings. The average Bonchev–Trinajstić information content (AvgIpc) is 2.35. The van der Waals surface area contributed by atoms with E-state index < -0.39 is 0 Å². The quantitative estimate of drug-likeness (QED) is 0.623. The maximum Gasteiger partial charge on any atom is 0.0506 e. The second-order valence-electron chi connectivity index (χ2n) is 5.34. The van der Waals surface area contributed by atoms with Crippen LogP contribution in [0.1, 0.15) is 49.9 Å². The zero-order chi connectivity index (χ0) is 12.3. The van der Waals surface area contributed by atoms with Crippen LogP contribution in [0, 0.1) is 18.8 Å². The van der Waals surface area contributed by atoms with Crippen LogP contribution in [-0.4, -0.2) is 4.98 Å².